The van der Waals surface area contributed by atoms with Gasteiger partial charge >= 0.3 is 0 Å². The molecule has 1 nitrogen and oxygen atoms in total. The maximum Gasteiger partial charge on any atom is 0.0438 e. The maximum atomic E-state index is 6.09. The van der Waals surface area contributed by atoms with Crippen molar-refractivity contribution in [2.45, 2.75) is 33.2 Å². The van der Waals surface area contributed by atoms with Crippen LogP contribution in [-0.2, 0) is 0 Å². The second kappa shape index (κ2) is 5.38. The summed E-state index contributed by atoms with van der Waals surface area (Å²) in [4.78, 5) is 0. The lowest BCUT2D eigenvalue weighted by atomic mass is 10.0. The molecule has 2 heteroatoms. The van der Waals surface area contributed by atoms with Crippen LogP contribution in [0.5, 0.6) is 0 Å². The highest BCUT2D eigenvalue weighted by molar-refractivity contribution is 6.31. The summed E-state index contributed by atoms with van der Waals surface area (Å²) < 4.78 is 0. The molecule has 0 spiro atoms. The predicted octanol–water partition coefficient (Wildman–Crippen LogP) is 3.71. The van der Waals surface area contributed by atoms with Gasteiger partial charge in [-0.25, -0.2) is 0 Å². The fraction of sp³-hybridized carbons (Fsp3) is 0.500. The van der Waals surface area contributed by atoms with Crippen LogP contribution < -0.4 is 5.32 Å². The largest absolute Gasteiger partial charge is 0.310 e. The van der Waals surface area contributed by atoms with E-state index in [1.165, 1.54) is 5.56 Å². The third kappa shape index (κ3) is 2.73. The molecule has 1 unspecified atom stereocenters. The van der Waals surface area contributed by atoms with Crippen molar-refractivity contribution in [3.8, 4) is 0 Å². The van der Waals surface area contributed by atoms with Crippen molar-refractivity contribution < 1.29 is 0 Å². The van der Waals surface area contributed by atoms with E-state index in [-0.39, 0.29) is 0 Å². The predicted molar refractivity (Wildman–Crippen MR) is 62.9 cm³/mol. The third-order valence-electron chi connectivity index (χ3n) is 2.46. The molecule has 1 N–H and O–H groups in total. The lowest BCUT2D eigenvalue weighted by Crippen LogP contribution is -2.19. The van der Waals surface area contributed by atoms with E-state index < -0.39 is 0 Å². The average Bonchev–Trinajstić information content (AvgIpc) is 2.19. The molecule has 0 aromatic heterocycles. The molecule has 1 rings (SSSR count). The Labute approximate surface area is 91.5 Å². The van der Waals surface area contributed by atoms with Crippen LogP contribution in [0.25, 0.3) is 0 Å². The summed E-state index contributed by atoms with van der Waals surface area (Å²) in [6.07, 6.45) is 1.09. The Balaban J connectivity index is 2.88. The van der Waals surface area contributed by atoms with Gasteiger partial charge in [-0.15, -0.1) is 0 Å². The van der Waals surface area contributed by atoms with E-state index in [2.05, 4.69) is 37.4 Å². The molecule has 14 heavy (non-hydrogen) atoms. The van der Waals surface area contributed by atoms with Crippen LogP contribution >= 0.6 is 11.6 Å². The van der Waals surface area contributed by atoms with E-state index >= 15 is 0 Å². The molecule has 0 saturated carbocycles. The molecule has 0 amide bonds. The number of aryl methyl sites for hydroxylation is 1. The summed E-state index contributed by atoms with van der Waals surface area (Å²) in [5.41, 5.74) is 2.42. The van der Waals surface area contributed by atoms with Gasteiger partial charge in [0.15, 0.2) is 0 Å². The quantitative estimate of drug-likeness (QED) is 0.801. The first-order valence-electron chi connectivity index (χ1n) is 5.18. The van der Waals surface area contributed by atoms with Crippen molar-refractivity contribution in [1.29, 1.82) is 0 Å². The Hall–Kier alpha value is -0.530. The minimum absolute atomic E-state index is 0.429. The zero-order valence-electron chi connectivity index (χ0n) is 9.10. The molecule has 0 heterocycles. The van der Waals surface area contributed by atoms with Crippen molar-refractivity contribution in [2.75, 3.05) is 6.54 Å². The average molecular weight is 212 g/mol. The van der Waals surface area contributed by atoms with Crippen molar-refractivity contribution in [3.05, 3.63) is 34.3 Å². The first kappa shape index (κ1) is 11.5. The van der Waals surface area contributed by atoms with E-state index in [1.54, 1.807) is 0 Å². The summed E-state index contributed by atoms with van der Waals surface area (Å²) >= 11 is 6.09. The fourth-order valence-corrected chi connectivity index (χ4v) is 1.76. The summed E-state index contributed by atoms with van der Waals surface area (Å²) in [5.74, 6) is 0. The van der Waals surface area contributed by atoms with Crippen LogP contribution in [-0.4, -0.2) is 6.54 Å². The molecular weight excluding hydrogens is 194 g/mol. The molecule has 0 bridgehead atoms. The first-order valence-corrected chi connectivity index (χ1v) is 5.56. The molecule has 0 aliphatic heterocycles. The van der Waals surface area contributed by atoms with E-state index in [0.29, 0.717) is 6.04 Å². The normalized spacial score (nSPS) is 12.9. The highest BCUT2D eigenvalue weighted by atomic mass is 35.5. The first-order chi connectivity index (χ1) is 6.69. The number of hydrogen-bond acceptors (Lipinski definition) is 1. The Kier molecular flexibility index (Phi) is 4.43. The summed E-state index contributed by atoms with van der Waals surface area (Å²) in [5, 5.41) is 4.30. The second-order valence-corrected chi connectivity index (χ2v) is 3.93. The smallest absolute Gasteiger partial charge is 0.0438 e. The number of nitrogens with one attached hydrogen (secondary N) is 1. The molecule has 1 atom stereocenters. The van der Waals surface area contributed by atoms with Gasteiger partial charge in [0.2, 0.25) is 0 Å². The van der Waals surface area contributed by atoms with Crippen molar-refractivity contribution >= 4 is 11.6 Å². The van der Waals surface area contributed by atoms with Crippen molar-refractivity contribution in [3.63, 3.8) is 0 Å². The lowest BCUT2D eigenvalue weighted by molar-refractivity contribution is 0.537. The van der Waals surface area contributed by atoms with Gasteiger partial charge in [0.25, 0.3) is 0 Å². The SMILES string of the molecule is CCNC(CC)c1ccc(C)c(Cl)c1. The fourth-order valence-electron chi connectivity index (χ4n) is 1.57. The molecule has 0 saturated heterocycles. The van der Waals surface area contributed by atoms with Crippen molar-refractivity contribution in [1.82, 2.24) is 5.32 Å². The Bertz CT molecular complexity index is 296. The summed E-state index contributed by atoms with van der Waals surface area (Å²) in [7, 11) is 0. The molecule has 1 aromatic rings. The molecule has 0 radical (unpaired) electrons. The van der Waals surface area contributed by atoms with Crippen molar-refractivity contribution in [2.24, 2.45) is 0 Å². The Morgan fingerprint density at radius 3 is 2.57 bits per heavy atom. The van der Waals surface area contributed by atoms with Crippen LogP contribution in [0, 0.1) is 6.92 Å². The van der Waals surface area contributed by atoms with Gasteiger partial charge in [0.1, 0.15) is 0 Å². The zero-order chi connectivity index (χ0) is 10.6. The summed E-state index contributed by atoms with van der Waals surface area (Å²) in [6.45, 7) is 7.32. The molecule has 78 valence electrons. The van der Waals surface area contributed by atoms with E-state index in [9.17, 15) is 0 Å². The topological polar surface area (TPSA) is 12.0 Å². The molecule has 0 aliphatic carbocycles. The van der Waals surface area contributed by atoms with Crippen LogP contribution in [0.15, 0.2) is 18.2 Å². The standard InChI is InChI=1S/C12H18ClN/c1-4-12(14-5-2)10-7-6-9(3)11(13)8-10/h6-8,12,14H,4-5H2,1-3H3. The lowest BCUT2D eigenvalue weighted by Gasteiger charge is -2.16. The van der Waals surface area contributed by atoms with Gasteiger partial charge in [0.05, 0.1) is 0 Å². The van der Waals surface area contributed by atoms with Crippen LogP contribution in [0.4, 0.5) is 0 Å². The Morgan fingerprint density at radius 2 is 2.07 bits per heavy atom. The molecule has 0 fully saturated rings. The molecule has 0 aliphatic rings. The minimum Gasteiger partial charge on any atom is -0.310 e. The van der Waals surface area contributed by atoms with Gasteiger partial charge in [0, 0.05) is 11.1 Å². The van der Waals surface area contributed by atoms with Gasteiger partial charge < -0.3 is 5.32 Å². The number of benzene rings is 1. The number of halogens is 1. The minimum atomic E-state index is 0.429. The van der Waals surface area contributed by atoms with Crippen LogP contribution in [0.3, 0.4) is 0 Å². The monoisotopic (exact) mass is 211 g/mol. The van der Waals surface area contributed by atoms with Crippen LogP contribution in [0.1, 0.15) is 37.4 Å². The van der Waals surface area contributed by atoms with E-state index in [0.717, 1.165) is 23.6 Å². The Morgan fingerprint density at radius 1 is 1.36 bits per heavy atom. The maximum absolute atomic E-state index is 6.09. The number of rotatable bonds is 4. The van der Waals surface area contributed by atoms with E-state index in [4.69, 9.17) is 11.6 Å². The number of hydrogen-bond donors (Lipinski definition) is 1. The second-order valence-electron chi connectivity index (χ2n) is 3.53. The molecular formula is C12H18ClN. The van der Waals surface area contributed by atoms with Gasteiger partial charge in [-0.1, -0.05) is 37.6 Å². The van der Waals surface area contributed by atoms with Gasteiger partial charge in [-0.05, 0) is 37.1 Å². The highest BCUT2D eigenvalue weighted by Gasteiger charge is 2.08. The van der Waals surface area contributed by atoms with Gasteiger partial charge in [-0.3, -0.25) is 0 Å². The van der Waals surface area contributed by atoms with Crippen LogP contribution in [0.2, 0.25) is 5.02 Å². The summed E-state index contributed by atoms with van der Waals surface area (Å²) in [6, 6.07) is 6.72. The zero-order valence-corrected chi connectivity index (χ0v) is 9.86. The molecule has 1 aromatic carbocycles. The third-order valence-corrected chi connectivity index (χ3v) is 2.86. The van der Waals surface area contributed by atoms with Gasteiger partial charge in [-0.2, -0.15) is 0 Å². The van der Waals surface area contributed by atoms with E-state index in [1.807, 2.05) is 6.92 Å². The highest BCUT2D eigenvalue weighted by Crippen LogP contribution is 2.22.